The summed E-state index contributed by atoms with van der Waals surface area (Å²) < 4.78 is 6.27. The van der Waals surface area contributed by atoms with Gasteiger partial charge >= 0.3 is 0 Å². The second-order valence-electron chi connectivity index (χ2n) is 7.83. The van der Waals surface area contributed by atoms with Crippen LogP contribution in [0.3, 0.4) is 0 Å². The van der Waals surface area contributed by atoms with Crippen LogP contribution in [0, 0.1) is 0 Å². The number of thioether (sulfide) groups is 1. The summed E-state index contributed by atoms with van der Waals surface area (Å²) in [5, 5.41) is 2.98. The lowest BCUT2D eigenvalue weighted by molar-refractivity contribution is -0.925. The molecule has 1 aliphatic rings. The summed E-state index contributed by atoms with van der Waals surface area (Å²) in [4.78, 5) is 1.91. The molecule has 140 valence electrons. The van der Waals surface area contributed by atoms with E-state index in [4.69, 9.17) is 4.74 Å². The summed E-state index contributed by atoms with van der Waals surface area (Å²) >= 11 is 2.07. The minimum absolute atomic E-state index is 0.238. The molecule has 0 aliphatic carbocycles. The van der Waals surface area contributed by atoms with Crippen LogP contribution < -0.4 is 9.64 Å². The summed E-state index contributed by atoms with van der Waals surface area (Å²) in [6.07, 6.45) is 1.14. The molecule has 1 heterocycles. The zero-order valence-corrected chi connectivity index (χ0v) is 17.0. The summed E-state index contributed by atoms with van der Waals surface area (Å²) in [5.74, 6) is 1.00. The van der Waals surface area contributed by atoms with Crippen LogP contribution in [0.15, 0.2) is 72.8 Å². The fraction of sp³-hybridized carbons (Fsp3) is 0.333. The Bertz CT molecular complexity index is 888. The third-order valence-corrected chi connectivity index (χ3v) is 7.03. The number of hydrogen-bond donors (Lipinski definition) is 1. The van der Waals surface area contributed by atoms with Crippen molar-refractivity contribution in [3.8, 4) is 5.75 Å². The van der Waals surface area contributed by atoms with Crippen LogP contribution in [0.4, 0.5) is 0 Å². The minimum Gasteiger partial charge on any atom is -0.492 e. The van der Waals surface area contributed by atoms with Crippen LogP contribution >= 0.6 is 11.8 Å². The summed E-state index contributed by atoms with van der Waals surface area (Å²) in [7, 11) is 0. The Kier molecular flexibility index (Phi) is 5.42. The molecule has 1 saturated heterocycles. The van der Waals surface area contributed by atoms with Crippen molar-refractivity contribution in [2.45, 2.75) is 30.4 Å². The number of nitrogens with one attached hydrogen (secondary N) is 1. The van der Waals surface area contributed by atoms with E-state index in [0.717, 1.165) is 25.3 Å². The van der Waals surface area contributed by atoms with Crippen molar-refractivity contribution in [2.75, 3.05) is 19.7 Å². The fourth-order valence-corrected chi connectivity index (χ4v) is 5.61. The van der Waals surface area contributed by atoms with Crippen LogP contribution in [-0.2, 0) is 6.42 Å². The summed E-state index contributed by atoms with van der Waals surface area (Å²) in [6.45, 7) is 7.85. The number of quaternary nitrogens is 1. The Hall–Kier alpha value is -1.97. The smallest absolute Gasteiger partial charge is 0.139 e. The summed E-state index contributed by atoms with van der Waals surface area (Å²) in [5.41, 5.74) is 1.43. The first-order valence-corrected chi connectivity index (χ1v) is 10.7. The molecular formula is C24H28NOS+. The molecule has 0 saturated carbocycles. The van der Waals surface area contributed by atoms with Crippen molar-refractivity contribution in [1.82, 2.24) is 0 Å². The molecule has 0 spiro atoms. The van der Waals surface area contributed by atoms with E-state index in [1.807, 2.05) is 0 Å². The van der Waals surface area contributed by atoms with Crippen molar-refractivity contribution < 1.29 is 9.64 Å². The van der Waals surface area contributed by atoms with Gasteiger partial charge in [0.05, 0.1) is 18.3 Å². The van der Waals surface area contributed by atoms with Crippen molar-refractivity contribution in [1.29, 1.82) is 0 Å². The van der Waals surface area contributed by atoms with Crippen LogP contribution in [0.5, 0.6) is 5.75 Å². The highest BCUT2D eigenvalue weighted by molar-refractivity contribution is 8.01. The quantitative estimate of drug-likeness (QED) is 0.691. The van der Waals surface area contributed by atoms with E-state index >= 15 is 0 Å². The lowest BCUT2D eigenvalue weighted by Crippen LogP contribution is -3.17. The van der Waals surface area contributed by atoms with E-state index in [2.05, 4.69) is 98.4 Å². The molecule has 4 rings (SSSR count). The number of hydrogen-bond acceptors (Lipinski definition) is 2. The highest BCUT2D eigenvalue weighted by Gasteiger charge is 2.43. The van der Waals surface area contributed by atoms with Crippen LogP contribution in [0.1, 0.15) is 19.4 Å². The highest BCUT2D eigenvalue weighted by Crippen LogP contribution is 2.30. The maximum atomic E-state index is 6.27. The first-order chi connectivity index (χ1) is 13.1. The molecule has 1 aliphatic heterocycles. The lowest BCUT2D eigenvalue weighted by atomic mass is 10.1. The Balaban J connectivity index is 1.37. The normalized spacial score (nSPS) is 21.4. The van der Waals surface area contributed by atoms with Gasteiger partial charge in [0.25, 0.3) is 0 Å². The van der Waals surface area contributed by atoms with E-state index in [0.29, 0.717) is 5.25 Å². The molecule has 27 heavy (non-hydrogen) atoms. The topological polar surface area (TPSA) is 13.7 Å². The van der Waals surface area contributed by atoms with E-state index in [9.17, 15) is 0 Å². The van der Waals surface area contributed by atoms with Crippen molar-refractivity contribution in [3.05, 3.63) is 78.4 Å². The zero-order chi connectivity index (χ0) is 18.7. The SMILES string of the molecule is CC1(C)S[C@@H](COc2cccc3ccccc23)C[NH+]1CCc1ccccc1. The highest BCUT2D eigenvalue weighted by atomic mass is 32.2. The molecular weight excluding hydrogens is 350 g/mol. The van der Waals surface area contributed by atoms with E-state index in [1.165, 1.54) is 22.9 Å². The molecule has 1 fully saturated rings. The third kappa shape index (κ3) is 4.31. The molecule has 0 radical (unpaired) electrons. The van der Waals surface area contributed by atoms with Crippen molar-refractivity contribution in [2.24, 2.45) is 0 Å². The molecule has 0 amide bonds. The number of rotatable bonds is 6. The number of fused-ring (bicyclic) bond motifs is 1. The molecule has 3 aromatic rings. The average molecular weight is 379 g/mol. The van der Waals surface area contributed by atoms with Gasteiger partial charge in [-0.2, -0.15) is 0 Å². The molecule has 1 unspecified atom stereocenters. The van der Waals surface area contributed by atoms with E-state index < -0.39 is 0 Å². The Morgan fingerprint density at radius 2 is 1.70 bits per heavy atom. The van der Waals surface area contributed by atoms with E-state index in [-0.39, 0.29) is 4.87 Å². The predicted octanol–water partition coefficient (Wildman–Crippen LogP) is 4.20. The summed E-state index contributed by atoms with van der Waals surface area (Å²) in [6, 6.07) is 25.6. The Morgan fingerprint density at radius 1 is 0.963 bits per heavy atom. The van der Waals surface area contributed by atoms with Crippen LogP contribution in [-0.4, -0.2) is 29.8 Å². The maximum absolute atomic E-state index is 6.27. The van der Waals surface area contributed by atoms with Crippen molar-refractivity contribution >= 4 is 22.5 Å². The Labute approximate surface area is 166 Å². The first kappa shape index (κ1) is 18.4. The zero-order valence-electron chi connectivity index (χ0n) is 16.2. The van der Waals surface area contributed by atoms with E-state index in [1.54, 1.807) is 4.90 Å². The van der Waals surface area contributed by atoms with Crippen molar-refractivity contribution in [3.63, 3.8) is 0 Å². The largest absolute Gasteiger partial charge is 0.492 e. The second-order valence-corrected chi connectivity index (χ2v) is 9.75. The minimum atomic E-state index is 0.238. The van der Waals surface area contributed by atoms with Gasteiger partial charge < -0.3 is 9.64 Å². The molecule has 0 bridgehead atoms. The van der Waals surface area contributed by atoms with Gasteiger partial charge in [-0.25, -0.2) is 0 Å². The monoisotopic (exact) mass is 378 g/mol. The Morgan fingerprint density at radius 3 is 2.56 bits per heavy atom. The number of ether oxygens (including phenoxy) is 1. The van der Waals surface area contributed by atoms with Gasteiger partial charge in [0, 0.05) is 25.7 Å². The van der Waals surface area contributed by atoms with Crippen LogP contribution in [0.25, 0.3) is 10.8 Å². The maximum Gasteiger partial charge on any atom is 0.139 e. The molecule has 0 aromatic heterocycles. The van der Waals surface area contributed by atoms with Gasteiger partial charge in [0.15, 0.2) is 0 Å². The van der Waals surface area contributed by atoms with Gasteiger partial charge in [-0.3, -0.25) is 0 Å². The molecule has 2 nitrogen and oxygen atoms in total. The number of benzene rings is 3. The van der Waals surface area contributed by atoms with Gasteiger partial charge in [0.2, 0.25) is 0 Å². The van der Waals surface area contributed by atoms with Gasteiger partial charge in [0.1, 0.15) is 17.2 Å². The molecule has 1 N–H and O–H groups in total. The van der Waals surface area contributed by atoms with Crippen LogP contribution in [0.2, 0.25) is 0 Å². The molecule has 3 aromatic carbocycles. The standard InChI is InChI=1S/C24H27NOS/c1-24(2)25(16-15-19-9-4-3-5-10-19)17-21(27-24)18-26-23-14-8-12-20-11-6-7-13-22(20)23/h3-14,21H,15-18H2,1-2H3/p+1/t21-/m1/s1. The lowest BCUT2D eigenvalue weighted by Gasteiger charge is -2.26. The first-order valence-electron chi connectivity index (χ1n) is 9.79. The van der Waals surface area contributed by atoms with Gasteiger partial charge in [-0.05, 0) is 17.0 Å². The van der Waals surface area contributed by atoms with Gasteiger partial charge in [-0.15, -0.1) is 0 Å². The average Bonchev–Trinajstić information content (AvgIpc) is 2.99. The third-order valence-electron chi connectivity index (χ3n) is 5.52. The van der Waals surface area contributed by atoms with Gasteiger partial charge in [-0.1, -0.05) is 78.5 Å². The molecule has 2 atom stereocenters. The fourth-order valence-electron chi connectivity index (χ4n) is 4.00. The molecule has 3 heteroatoms. The predicted molar refractivity (Wildman–Crippen MR) is 116 cm³/mol. The second kappa shape index (κ2) is 7.95.